The number of benzene rings is 2. The van der Waals surface area contributed by atoms with Crippen molar-refractivity contribution in [1.82, 2.24) is 0 Å². The SMILES string of the molecule is COc1ccc(C#N)cc1CS(=O)c1cccc(N)c1. The summed E-state index contributed by atoms with van der Waals surface area (Å²) < 4.78 is 17.6. The number of ether oxygens (including phenoxy) is 1. The monoisotopic (exact) mass is 286 g/mol. The van der Waals surface area contributed by atoms with Crippen LogP contribution in [0.4, 0.5) is 5.69 Å². The van der Waals surface area contributed by atoms with E-state index >= 15 is 0 Å². The molecule has 0 spiro atoms. The number of methoxy groups -OCH3 is 1. The molecule has 0 aliphatic rings. The summed E-state index contributed by atoms with van der Waals surface area (Å²) in [4.78, 5) is 0.661. The first-order valence-corrected chi connectivity index (χ1v) is 7.27. The molecule has 0 saturated heterocycles. The molecule has 2 aromatic carbocycles. The molecule has 0 aliphatic heterocycles. The highest BCUT2D eigenvalue weighted by Gasteiger charge is 2.11. The molecule has 2 N–H and O–H groups in total. The Morgan fingerprint density at radius 2 is 2.10 bits per heavy atom. The fourth-order valence-corrected chi connectivity index (χ4v) is 3.01. The van der Waals surface area contributed by atoms with E-state index in [4.69, 9.17) is 15.7 Å². The Morgan fingerprint density at radius 3 is 2.75 bits per heavy atom. The van der Waals surface area contributed by atoms with Crippen molar-refractivity contribution in [3.8, 4) is 11.8 Å². The average Bonchev–Trinajstić information content (AvgIpc) is 2.47. The number of nitrogens with zero attached hydrogens (tertiary/aromatic N) is 1. The second kappa shape index (κ2) is 6.22. The zero-order valence-corrected chi connectivity index (χ0v) is 11.8. The number of nitriles is 1. The van der Waals surface area contributed by atoms with Crippen LogP contribution >= 0.6 is 0 Å². The van der Waals surface area contributed by atoms with Crippen LogP contribution in [0.2, 0.25) is 0 Å². The standard InChI is InChI=1S/C15H14N2O2S/c1-19-15-6-5-11(9-16)7-12(15)10-20(18)14-4-2-3-13(17)8-14/h2-8H,10,17H2,1H3. The van der Waals surface area contributed by atoms with Crippen LogP contribution in [-0.4, -0.2) is 11.3 Å². The molecule has 0 saturated carbocycles. The normalized spacial score (nSPS) is 11.6. The highest BCUT2D eigenvalue weighted by atomic mass is 32.2. The predicted molar refractivity (Wildman–Crippen MR) is 78.7 cm³/mol. The van der Waals surface area contributed by atoms with Crippen LogP contribution in [0.25, 0.3) is 0 Å². The quantitative estimate of drug-likeness (QED) is 0.876. The van der Waals surface area contributed by atoms with Gasteiger partial charge in [0, 0.05) is 16.1 Å². The van der Waals surface area contributed by atoms with Crippen LogP contribution in [0.3, 0.4) is 0 Å². The molecule has 0 radical (unpaired) electrons. The minimum absolute atomic E-state index is 0.280. The third kappa shape index (κ3) is 3.16. The van der Waals surface area contributed by atoms with E-state index in [1.54, 1.807) is 49.6 Å². The van der Waals surface area contributed by atoms with Crippen LogP contribution in [0.15, 0.2) is 47.4 Å². The number of rotatable bonds is 4. The van der Waals surface area contributed by atoms with Crippen LogP contribution in [-0.2, 0) is 16.6 Å². The zero-order valence-electron chi connectivity index (χ0n) is 11.0. The molecule has 102 valence electrons. The Balaban J connectivity index is 2.29. The lowest BCUT2D eigenvalue weighted by Gasteiger charge is -2.09. The van der Waals surface area contributed by atoms with Crippen molar-refractivity contribution < 1.29 is 8.95 Å². The molecule has 2 rings (SSSR count). The van der Waals surface area contributed by atoms with Gasteiger partial charge in [0.2, 0.25) is 0 Å². The van der Waals surface area contributed by atoms with Gasteiger partial charge in [-0.3, -0.25) is 4.21 Å². The van der Waals surface area contributed by atoms with Crippen LogP contribution in [0.5, 0.6) is 5.75 Å². The smallest absolute Gasteiger partial charge is 0.123 e. The van der Waals surface area contributed by atoms with Crippen molar-refractivity contribution in [2.24, 2.45) is 0 Å². The molecule has 5 heteroatoms. The summed E-state index contributed by atoms with van der Waals surface area (Å²) in [6, 6.07) is 14.1. The zero-order chi connectivity index (χ0) is 14.5. The summed E-state index contributed by atoms with van der Waals surface area (Å²) in [5.74, 6) is 0.906. The minimum atomic E-state index is -1.24. The van der Waals surface area contributed by atoms with Gasteiger partial charge in [-0.2, -0.15) is 5.26 Å². The minimum Gasteiger partial charge on any atom is -0.496 e. The Bertz CT molecular complexity index is 693. The van der Waals surface area contributed by atoms with Crippen LogP contribution < -0.4 is 10.5 Å². The maximum absolute atomic E-state index is 12.4. The summed E-state index contributed by atoms with van der Waals surface area (Å²) in [5.41, 5.74) is 7.53. The Kier molecular flexibility index (Phi) is 4.38. The summed E-state index contributed by atoms with van der Waals surface area (Å²) in [6.07, 6.45) is 0. The molecule has 0 aromatic heterocycles. The molecule has 1 atom stereocenters. The molecule has 2 aromatic rings. The third-order valence-corrected chi connectivity index (χ3v) is 4.17. The van der Waals surface area contributed by atoms with Gasteiger partial charge in [0.05, 0.1) is 35.3 Å². The fraction of sp³-hybridized carbons (Fsp3) is 0.133. The molecule has 20 heavy (non-hydrogen) atoms. The van der Waals surface area contributed by atoms with E-state index in [0.29, 0.717) is 21.9 Å². The second-order valence-electron chi connectivity index (χ2n) is 4.20. The number of nitrogen functional groups attached to an aromatic ring is 1. The summed E-state index contributed by atoms with van der Waals surface area (Å²) >= 11 is 0. The number of nitrogens with two attached hydrogens (primary N) is 1. The molecular formula is C15H14N2O2S. The van der Waals surface area contributed by atoms with E-state index in [1.807, 2.05) is 0 Å². The van der Waals surface area contributed by atoms with Gasteiger partial charge in [0.15, 0.2) is 0 Å². The van der Waals surface area contributed by atoms with Crippen molar-refractivity contribution in [1.29, 1.82) is 5.26 Å². The molecular weight excluding hydrogens is 272 g/mol. The predicted octanol–water partition coefficient (Wildman–Crippen LogP) is 2.46. The number of hydrogen-bond donors (Lipinski definition) is 1. The fourth-order valence-electron chi connectivity index (χ4n) is 1.84. The highest BCUT2D eigenvalue weighted by Crippen LogP contribution is 2.23. The van der Waals surface area contributed by atoms with E-state index in [-0.39, 0.29) is 5.75 Å². The number of hydrogen-bond acceptors (Lipinski definition) is 4. The molecule has 0 heterocycles. The molecule has 0 amide bonds. The third-order valence-electron chi connectivity index (χ3n) is 2.82. The molecule has 0 fully saturated rings. The molecule has 1 unspecified atom stereocenters. The van der Waals surface area contributed by atoms with Crippen molar-refractivity contribution in [2.45, 2.75) is 10.6 Å². The van der Waals surface area contributed by atoms with E-state index in [2.05, 4.69) is 6.07 Å². The highest BCUT2D eigenvalue weighted by molar-refractivity contribution is 7.84. The van der Waals surface area contributed by atoms with Crippen molar-refractivity contribution in [2.75, 3.05) is 12.8 Å². The van der Waals surface area contributed by atoms with Crippen molar-refractivity contribution in [3.63, 3.8) is 0 Å². The lowest BCUT2D eigenvalue weighted by molar-refractivity contribution is 0.411. The van der Waals surface area contributed by atoms with Gasteiger partial charge in [-0.1, -0.05) is 6.07 Å². The van der Waals surface area contributed by atoms with Crippen LogP contribution in [0, 0.1) is 11.3 Å². The topological polar surface area (TPSA) is 76.1 Å². The maximum Gasteiger partial charge on any atom is 0.123 e. The van der Waals surface area contributed by atoms with Gasteiger partial charge in [0.25, 0.3) is 0 Å². The largest absolute Gasteiger partial charge is 0.496 e. The van der Waals surface area contributed by atoms with Gasteiger partial charge in [-0.15, -0.1) is 0 Å². The first-order valence-electron chi connectivity index (χ1n) is 5.95. The van der Waals surface area contributed by atoms with Crippen molar-refractivity contribution in [3.05, 3.63) is 53.6 Å². The van der Waals surface area contributed by atoms with E-state index in [1.165, 1.54) is 0 Å². The van der Waals surface area contributed by atoms with E-state index < -0.39 is 10.8 Å². The van der Waals surface area contributed by atoms with E-state index in [0.717, 1.165) is 5.56 Å². The number of anilines is 1. The maximum atomic E-state index is 12.4. The van der Waals surface area contributed by atoms with Gasteiger partial charge in [-0.05, 0) is 36.4 Å². The van der Waals surface area contributed by atoms with Gasteiger partial charge < -0.3 is 10.5 Å². The first-order chi connectivity index (χ1) is 9.63. The van der Waals surface area contributed by atoms with Gasteiger partial charge in [0.1, 0.15) is 5.75 Å². The lowest BCUT2D eigenvalue weighted by atomic mass is 10.1. The van der Waals surface area contributed by atoms with Gasteiger partial charge >= 0.3 is 0 Å². The second-order valence-corrected chi connectivity index (χ2v) is 5.65. The van der Waals surface area contributed by atoms with E-state index in [9.17, 15) is 4.21 Å². The molecule has 0 bridgehead atoms. The Labute approximate surface area is 120 Å². The molecule has 4 nitrogen and oxygen atoms in total. The summed E-state index contributed by atoms with van der Waals surface area (Å²) in [6.45, 7) is 0. The molecule has 0 aliphatic carbocycles. The van der Waals surface area contributed by atoms with Crippen molar-refractivity contribution >= 4 is 16.5 Å². The lowest BCUT2D eigenvalue weighted by Crippen LogP contribution is -2.00. The summed E-state index contributed by atoms with van der Waals surface area (Å²) in [5, 5.41) is 8.93. The van der Waals surface area contributed by atoms with Gasteiger partial charge in [-0.25, -0.2) is 0 Å². The summed E-state index contributed by atoms with van der Waals surface area (Å²) in [7, 11) is 0.314. The van der Waals surface area contributed by atoms with Crippen LogP contribution in [0.1, 0.15) is 11.1 Å². The first kappa shape index (κ1) is 14.1. The Hall–Kier alpha value is -2.32. The Morgan fingerprint density at radius 1 is 1.30 bits per heavy atom. The average molecular weight is 286 g/mol.